The van der Waals surface area contributed by atoms with Gasteiger partial charge < -0.3 is 10.4 Å². The monoisotopic (exact) mass is 369 g/mol. The van der Waals surface area contributed by atoms with Crippen LogP contribution in [0.25, 0.3) is 11.3 Å². The van der Waals surface area contributed by atoms with Gasteiger partial charge >= 0.3 is 0 Å². The third-order valence-electron chi connectivity index (χ3n) is 3.91. The Morgan fingerprint density at radius 2 is 1.73 bits per heavy atom. The normalized spacial score (nSPS) is 12.5. The molecule has 0 aliphatic rings. The molecular weight excluding hydrogens is 350 g/mol. The second-order valence-corrected chi connectivity index (χ2v) is 7.91. The van der Waals surface area contributed by atoms with Gasteiger partial charge in [-0.2, -0.15) is 0 Å². The number of nitrogens with zero attached hydrogens (tertiary/aromatic N) is 2. The van der Waals surface area contributed by atoms with E-state index in [2.05, 4.69) is 15.3 Å². The van der Waals surface area contributed by atoms with Gasteiger partial charge in [0.1, 0.15) is 12.1 Å². The average Bonchev–Trinajstić information content (AvgIpc) is 2.66. The van der Waals surface area contributed by atoms with Gasteiger partial charge in [-0.1, -0.05) is 42.5 Å². The first-order valence-corrected chi connectivity index (χ1v) is 9.92. The fraction of sp³-hybridized carbons (Fsp3) is 0.158. The molecule has 0 radical (unpaired) electrons. The Labute approximate surface area is 152 Å². The third kappa shape index (κ3) is 4.44. The van der Waals surface area contributed by atoms with Crippen molar-refractivity contribution >= 4 is 15.7 Å². The van der Waals surface area contributed by atoms with Gasteiger partial charge in [0.25, 0.3) is 0 Å². The number of aromatic nitrogens is 2. The summed E-state index contributed by atoms with van der Waals surface area (Å²) in [5.74, 6) is 0.581. The minimum Gasteiger partial charge on any atom is -0.387 e. The number of benzene rings is 2. The number of nitrogens with one attached hydrogen (secondary N) is 1. The van der Waals surface area contributed by atoms with Crippen molar-refractivity contribution < 1.29 is 13.5 Å². The lowest BCUT2D eigenvalue weighted by Crippen LogP contribution is -2.13. The fourth-order valence-electron chi connectivity index (χ4n) is 2.48. The van der Waals surface area contributed by atoms with E-state index >= 15 is 0 Å². The van der Waals surface area contributed by atoms with Crippen molar-refractivity contribution in [2.45, 2.75) is 11.0 Å². The molecule has 0 amide bonds. The molecule has 6 nitrogen and oxygen atoms in total. The number of hydrogen-bond acceptors (Lipinski definition) is 6. The molecule has 0 aliphatic carbocycles. The van der Waals surface area contributed by atoms with Crippen LogP contribution in [0.3, 0.4) is 0 Å². The zero-order valence-electron chi connectivity index (χ0n) is 14.2. The predicted octanol–water partition coefficient (Wildman–Crippen LogP) is 2.69. The molecule has 0 spiro atoms. The third-order valence-corrected chi connectivity index (χ3v) is 5.03. The topological polar surface area (TPSA) is 92.2 Å². The summed E-state index contributed by atoms with van der Waals surface area (Å²) >= 11 is 0. The highest BCUT2D eigenvalue weighted by Crippen LogP contribution is 2.21. The molecule has 1 heterocycles. The van der Waals surface area contributed by atoms with Crippen LogP contribution in [-0.4, -0.2) is 36.3 Å². The summed E-state index contributed by atoms with van der Waals surface area (Å²) < 4.78 is 23.1. The standard InChI is InChI=1S/C19H19N3O3S/c1-26(24,25)16-9-7-14(8-10-16)17-11-19(22-13-21-17)20-12-18(23)15-5-3-2-4-6-15/h2-11,13,18,23H,12H2,1H3,(H,20,21,22). The molecule has 0 bridgehead atoms. The summed E-state index contributed by atoms with van der Waals surface area (Å²) in [6.45, 7) is 0.313. The number of aliphatic hydroxyl groups is 1. The maximum atomic E-state index is 11.5. The molecule has 1 atom stereocenters. The van der Waals surface area contributed by atoms with Crippen LogP contribution < -0.4 is 5.32 Å². The van der Waals surface area contributed by atoms with Crippen molar-refractivity contribution in [2.24, 2.45) is 0 Å². The molecule has 26 heavy (non-hydrogen) atoms. The van der Waals surface area contributed by atoms with Crippen molar-refractivity contribution in [2.75, 3.05) is 18.1 Å². The lowest BCUT2D eigenvalue weighted by Gasteiger charge is -2.13. The van der Waals surface area contributed by atoms with E-state index in [9.17, 15) is 13.5 Å². The lowest BCUT2D eigenvalue weighted by atomic mass is 10.1. The largest absolute Gasteiger partial charge is 0.387 e. The first kappa shape index (κ1) is 18.0. The van der Waals surface area contributed by atoms with Gasteiger partial charge in [-0.25, -0.2) is 18.4 Å². The van der Waals surface area contributed by atoms with Crippen LogP contribution in [0.15, 0.2) is 71.9 Å². The minimum absolute atomic E-state index is 0.264. The van der Waals surface area contributed by atoms with E-state index in [0.717, 1.165) is 11.1 Å². The second-order valence-electron chi connectivity index (χ2n) is 5.89. The smallest absolute Gasteiger partial charge is 0.175 e. The summed E-state index contributed by atoms with van der Waals surface area (Å²) in [7, 11) is -3.23. The van der Waals surface area contributed by atoms with Gasteiger partial charge in [0.2, 0.25) is 0 Å². The molecule has 3 rings (SSSR count). The number of rotatable bonds is 6. The van der Waals surface area contributed by atoms with E-state index in [-0.39, 0.29) is 4.90 Å². The molecule has 2 aromatic carbocycles. The Morgan fingerprint density at radius 1 is 1.04 bits per heavy atom. The quantitative estimate of drug-likeness (QED) is 0.694. The first-order chi connectivity index (χ1) is 12.4. The molecule has 7 heteroatoms. The molecule has 0 saturated carbocycles. The van der Waals surface area contributed by atoms with Crippen molar-refractivity contribution in [3.05, 3.63) is 72.6 Å². The van der Waals surface area contributed by atoms with Crippen molar-refractivity contribution in [1.82, 2.24) is 9.97 Å². The maximum absolute atomic E-state index is 11.5. The Balaban J connectivity index is 1.72. The fourth-order valence-corrected chi connectivity index (χ4v) is 3.11. The van der Waals surface area contributed by atoms with Crippen LogP contribution in [0.5, 0.6) is 0 Å². The summed E-state index contributed by atoms with van der Waals surface area (Å²) in [4.78, 5) is 8.65. The number of sulfone groups is 1. The first-order valence-electron chi connectivity index (χ1n) is 8.03. The lowest BCUT2D eigenvalue weighted by molar-refractivity contribution is 0.191. The summed E-state index contributed by atoms with van der Waals surface area (Å²) in [6, 6.07) is 17.7. The molecule has 2 N–H and O–H groups in total. The van der Waals surface area contributed by atoms with Gasteiger partial charge in [0.15, 0.2) is 9.84 Å². The predicted molar refractivity (Wildman–Crippen MR) is 100 cm³/mol. The van der Waals surface area contributed by atoms with Crippen molar-refractivity contribution in [3.8, 4) is 11.3 Å². The van der Waals surface area contributed by atoms with E-state index in [4.69, 9.17) is 0 Å². The molecule has 1 aromatic heterocycles. The number of aliphatic hydroxyl groups excluding tert-OH is 1. The van der Waals surface area contributed by atoms with Gasteiger partial charge in [-0.05, 0) is 17.7 Å². The summed E-state index contributed by atoms with van der Waals surface area (Å²) in [6.07, 6.45) is 1.95. The van der Waals surface area contributed by atoms with Gasteiger partial charge in [0, 0.05) is 24.4 Å². The van der Waals surface area contributed by atoms with Crippen LogP contribution in [-0.2, 0) is 9.84 Å². The zero-order valence-corrected chi connectivity index (χ0v) is 15.0. The second kappa shape index (κ2) is 7.63. The highest BCUT2D eigenvalue weighted by atomic mass is 32.2. The van der Waals surface area contributed by atoms with E-state index < -0.39 is 15.9 Å². The van der Waals surface area contributed by atoms with Gasteiger partial charge in [0.05, 0.1) is 16.7 Å². The number of anilines is 1. The molecule has 0 aliphatic heterocycles. The molecular formula is C19H19N3O3S. The summed E-state index contributed by atoms with van der Waals surface area (Å²) in [5.41, 5.74) is 2.27. The molecule has 0 saturated heterocycles. The maximum Gasteiger partial charge on any atom is 0.175 e. The molecule has 1 unspecified atom stereocenters. The Hall–Kier alpha value is -2.77. The van der Waals surface area contributed by atoms with Crippen LogP contribution in [0.4, 0.5) is 5.82 Å². The van der Waals surface area contributed by atoms with Crippen LogP contribution >= 0.6 is 0 Å². The Morgan fingerprint density at radius 3 is 2.38 bits per heavy atom. The van der Waals surface area contributed by atoms with Crippen molar-refractivity contribution in [3.63, 3.8) is 0 Å². The van der Waals surface area contributed by atoms with Crippen LogP contribution in [0, 0.1) is 0 Å². The van der Waals surface area contributed by atoms with Crippen LogP contribution in [0.2, 0.25) is 0 Å². The SMILES string of the molecule is CS(=O)(=O)c1ccc(-c2cc(NCC(O)c3ccccc3)ncn2)cc1. The Kier molecular flexibility index (Phi) is 5.29. The average molecular weight is 369 g/mol. The van der Waals surface area contributed by atoms with E-state index in [0.29, 0.717) is 18.1 Å². The molecule has 3 aromatic rings. The van der Waals surface area contributed by atoms with Crippen LogP contribution in [0.1, 0.15) is 11.7 Å². The minimum atomic E-state index is -3.23. The van der Waals surface area contributed by atoms with Gasteiger partial charge in [-0.15, -0.1) is 0 Å². The van der Waals surface area contributed by atoms with E-state index in [1.54, 1.807) is 30.3 Å². The summed E-state index contributed by atoms with van der Waals surface area (Å²) in [5, 5.41) is 13.3. The van der Waals surface area contributed by atoms with E-state index in [1.807, 2.05) is 30.3 Å². The molecule has 134 valence electrons. The van der Waals surface area contributed by atoms with Crippen molar-refractivity contribution in [1.29, 1.82) is 0 Å². The highest BCUT2D eigenvalue weighted by Gasteiger charge is 2.09. The van der Waals surface area contributed by atoms with E-state index in [1.165, 1.54) is 12.6 Å². The number of hydrogen-bond donors (Lipinski definition) is 2. The Bertz CT molecular complexity index is 974. The molecule has 0 fully saturated rings. The van der Waals surface area contributed by atoms with Gasteiger partial charge in [-0.3, -0.25) is 0 Å². The highest BCUT2D eigenvalue weighted by molar-refractivity contribution is 7.90. The zero-order chi connectivity index (χ0) is 18.6.